The molecule has 3 N–H and O–H groups in total. The summed E-state index contributed by atoms with van der Waals surface area (Å²) in [5, 5.41) is 20.5. The van der Waals surface area contributed by atoms with Gasteiger partial charge >= 0.3 is 0 Å². The third-order valence-corrected chi connectivity index (χ3v) is 3.79. The first-order chi connectivity index (χ1) is 11.8. The zero-order chi connectivity index (χ0) is 16.4. The Morgan fingerprint density at radius 3 is 2.92 bits per heavy atom. The minimum absolute atomic E-state index is 0.00868. The highest BCUT2D eigenvalue weighted by molar-refractivity contribution is 5.82. The van der Waals surface area contributed by atoms with Gasteiger partial charge in [-0.15, -0.1) is 0 Å². The molecule has 6 nitrogen and oxygen atoms in total. The van der Waals surface area contributed by atoms with Crippen LogP contribution in [0, 0.1) is 0 Å². The van der Waals surface area contributed by atoms with Crippen LogP contribution in [0.3, 0.4) is 0 Å². The van der Waals surface area contributed by atoms with E-state index in [-0.39, 0.29) is 6.61 Å². The molecule has 0 amide bonds. The summed E-state index contributed by atoms with van der Waals surface area (Å²) < 4.78 is 0. The van der Waals surface area contributed by atoms with E-state index in [9.17, 15) is 5.11 Å². The second kappa shape index (κ2) is 6.10. The average Bonchev–Trinajstić information content (AvgIpc) is 3.10. The molecule has 2 heterocycles. The first-order valence-corrected chi connectivity index (χ1v) is 7.54. The molecule has 0 spiro atoms. The number of aliphatic hydroxyl groups excluding tert-OH is 1. The van der Waals surface area contributed by atoms with Crippen molar-refractivity contribution in [1.82, 2.24) is 20.2 Å². The molecule has 0 aliphatic carbocycles. The van der Waals surface area contributed by atoms with E-state index in [4.69, 9.17) is 0 Å². The number of rotatable bonds is 4. The molecular weight excluding hydrogens is 302 g/mol. The lowest BCUT2D eigenvalue weighted by molar-refractivity contribution is 0.282. The van der Waals surface area contributed by atoms with Crippen LogP contribution in [-0.4, -0.2) is 25.3 Å². The predicted octanol–water partition coefficient (Wildman–Crippen LogP) is 3.26. The van der Waals surface area contributed by atoms with Crippen LogP contribution < -0.4 is 5.32 Å². The van der Waals surface area contributed by atoms with E-state index in [2.05, 4.69) is 25.5 Å². The number of nitrogens with one attached hydrogen (secondary N) is 2. The fraction of sp³-hybridized carbons (Fsp3) is 0.0556. The minimum atomic E-state index is 0.00868. The van der Waals surface area contributed by atoms with Crippen molar-refractivity contribution in [3.05, 3.63) is 66.6 Å². The Bertz CT molecular complexity index is 995. The van der Waals surface area contributed by atoms with Crippen molar-refractivity contribution in [3.63, 3.8) is 0 Å². The van der Waals surface area contributed by atoms with E-state index < -0.39 is 0 Å². The van der Waals surface area contributed by atoms with Crippen LogP contribution in [-0.2, 0) is 6.61 Å². The molecule has 6 heteroatoms. The number of anilines is 2. The highest BCUT2D eigenvalue weighted by Crippen LogP contribution is 2.23. The SMILES string of the molecule is OCc1cccc(-c2cc(Nc3ccc4[nH]ncc4c3)ncn2)c1. The highest BCUT2D eigenvalue weighted by atomic mass is 16.3. The Morgan fingerprint density at radius 2 is 2.00 bits per heavy atom. The number of aromatic nitrogens is 4. The second-order valence-electron chi connectivity index (χ2n) is 5.44. The van der Waals surface area contributed by atoms with Crippen molar-refractivity contribution in [2.75, 3.05) is 5.32 Å². The van der Waals surface area contributed by atoms with E-state index in [0.717, 1.165) is 33.4 Å². The number of hydrogen-bond acceptors (Lipinski definition) is 5. The van der Waals surface area contributed by atoms with Gasteiger partial charge in [0.05, 0.1) is 24.0 Å². The number of aromatic amines is 1. The Morgan fingerprint density at radius 1 is 1.04 bits per heavy atom. The summed E-state index contributed by atoms with van der Waals surface area (Å²) in [6.45, 7) is 0.00868. The third-order valence-electron chi connectivity index (χ3n) is 3.79. The summed E-state index contributed by atoms with van der Waals surface area (Å²) in [6.07, 6.45) is 3.31. The van der Waals surface area contributed by atoms with Gasteiger partial charge in [0.15, 0.2) is 0 Å². The van der Waals surface area contributed by atoms with Crippen molar-refractivity contribution in [1.29, 1.82) is 0 Å². The molecule has 0 radical (unpaired) electrons. The van der Waals surface area contributed by atoms with E-state index in [1.54, 1.807) is 6.20 Å². The van der Waals surface area contributed by atoms with E-state index in [1.807, 2.05) is 48.5 Å². The first-order valence-electron chi connectivity index (χ1n) is 7.54. The molecule has 0 fully saturated rings. The molecular formula is C18H15N5O. The van der Waals surface area contributed by atoms with Crippen LogP contribution in [0.15, 0.2) is 61.1 Å². The summed E-state index contributed by atoms with van der Waals surface area (Å²) in [7, 11) is 0. The summed E-state index contributed by atoms with van der Waals surface area (Å²) in [4.78, 5) is 8.60. The van der Waals surface area contributed by atoms with Gasteiger partial charge in [0.1, 0.15) is 12.1 Å². The fourth-order valence-corrected chi connectivity index (χ4v) is 2.58. The maximum absolute atomic E-state index is 9.27. The van der Waals surface area contributed by atoms with E-state index in [1.165, 1.54) is 6.33 Å². The highest BCUT2D eigenvalue weighted by Gasteiger charge is 2.04. The lowest BCUT2D eigenvalue weighted by Gasteiger charge is -2.08. The minimum Gasteiger partial charge on any atom is -0.392 e. The molecule has 4 aromatic rings. The smallest absolute Gasteiger partial charge is 0.134 e. The average molecular weight is 317 g/mol. The fourth-order valence-electron chi connectivity index (χ4n) is 2.58. The number of fused-ring (bicyclic) bond motifs is 1. The van der Waals surface area contributed by atoms with Crippen LogP contribution in [0.25, 0.3) is 22.2 Å². The van der Waals surface area contributed by atoms with Crippen LogP contribution in [0.4, 0.5) is 11.5 Å². The van der Waals surface area contributed by atoms with Crippen molar-refractivity contribution < 1.29 is 5.11 Å². The van der Waals surface area contributed by atoms with E-state index in [0.29, 0.717) is 5.82 Å². The standard InChI is InChI=1S/C18H15N5O/c24-10-12-2-1-3-13(6-12)17-8-18(20-11-19-17)22-15-4-5-16-14(7-15)9-21-23-16/h1-9,11,24H,10H2,(H,21,23)(H,19,20,22). The molecule has 0 bridgehead atoms. The number of benzene rings is 2. The van der Waals surface area contributed by atoms with Gasteiger partial charge in [0.25, 0.3) is 0 Å². The molecule has 24 heavy (non-hydrogen) atoms. The van der Waals surface area contributed by atoms with Crippen LogP contribution in [0.2, 0.25) is 0 Å². The van der Waals surface area contributed by atoms with Crippen molar-refractivity contribution in [2.24, 2.45) is 0 Å². The summed E-state index contributed by atoms with van der Waals surface area (Å²) >= 11 is 0. The Labute approximate surface area is 138 Å². The van der Waals surface area contributed by atoms with Crippen molar-refractivity contribution >= 4 is 22.4 Å². The van der Waals surface area contributed by atoms with Crippen LogP contribution in [0.1, 0.15) is 5.56 Å². The molecule has 0 saturated carbocycles. The van der Waals surface area contributed by atoms with Gasteiger partial charge in [-0.05, 0) is 29.8 Å². The van der Waals surface area contributed by atoms with Gasteiger partial charge in [-0.1, -0.05) is 18.2 Å². The largest absolute Gasteiger partial charge is 0.392 e. The zero-order valence-electron chi connectivity index (χ0n) is 12.8. The second-order valence-corrected chi connectivity index (χ2v) is 5.44. The van der Waals surface area contributed by atoms with Gasteiger partial charge in [-0.25, -0.2) is 9.97 Å². The summed E-state index contributed by atoms with van der Waals surface area (Å²) in [5.74, 6) is 0.706. The number of hydrogen-bond donors (Lipinski definition) is 3. The molecule has 0 saturated heterocycles. The van der Waals surface area contributed by atoms with Crippen molar-refractivity contribution in [3.8, 4) is 11.3 Å². The Hall–Kier alpha value is -3.25. The number of aliphatic hydroxyl groups is 1. The first kappa shape index (κ1) is 14.3. The lowest BCUT2D eigenvalue weighted by Crippen LogP contribution is -1.95. The Kier molecular flexibility index (Phi) is 3.64. The lowest BCUT2D eigenvalue weighted by atomic mass is 10.1. The maximum atomic E-state index is 9.27. The van der Waals surface area contributed by atoms with Crippen LogP contribution in [0.5, 0.6) is 0 Å². The zero-order valence-corrected chi connectivity index (χ0v) is 12.8. The van der Waals surface area contributed by atoms with Gasteiger partial charge in [-0.3, -0.25) is 5.10 Å². The summed E-state index contributed by atoms with van der Waals surface area (Å²) in [5.41, 5.74) is 4.51. The quantitative estimate of drug-likeness (QED) is 0.538. The van der Waals surface area contributed by atoms with E-state index >= 15 is 0 Å². The van der Waals surface area contributed by atoms with Crippen molar-refractivity contribution in [2.45, 2.75) is 6.61 Å². The molecule has 4 rings (SSSR count). The molecule has 118 valence electrons. The number of H-pyrrole nitrogens is 1. The number of nitrogens with zero attached hydrogens (tertiary/aromatic N) is 3. The predicted molar refractivity (Wildman–Crippen MR) is 92.8 cm³/mol. The molecule has 2 aromatic heterocycles. The summed E-state index contributed by atoms with van der Waals surface area (Å²) in [6, 6.07) is 15.5. The Balaban J connectivity index is 1.64. The van der Waals surface area contributed by atoms with Gasteiger partial charge < -0.3 is 10.4 Å². The van der Waals surface area contributed by atoms with Crippen LogP contribution >= 0.6 is 0 Å². The normalized spacial score (nSPS) is 10.9. The monoisotopic (exact) mass is 317 g/mol. The van der Waals surface area contributed by atoms with Gasteiger partial charge in [0, 0.05) is 22.7 Å². The topological polar surface area (TPSA) is 86.7 Å². The van der Waals surface area contributed by atoms with Gasteiger partial charge in [0.2, 0.25) is 0 Å². The molecule has 0 unspecified atom stereocenters. The molecule has 0 aliphatic heterocycles. The molecule has 0 atom stereocenters. The molecule has 0 aliphatic rings. The third kappa shape index (κ3) is 2.82. The molecule has 2 aromatic carbocycles. The van der Waals surface area contributed by atoms with Gasteiger partial charge in [-0.2, -0.15) is 5.10 Å². The maximum Gasteiger partial charge on any atom is 0.134 e.